The lowest BCUT2D eigenvalue weighted by Crippen LogP contribution is -2.29. The zero-order valence-electron chi connectivity index (χ0n) is 16.4. The van der Waals surface area contributed by atoms with Crippen LogP contribution in [0, 0.1) is 19.4 Å². The van der Waals surface area contributed by atoms with E-state index >= 15 is 0 Å². The molecule has 0 spiro atoms. The normalized spacial score (nSPS) is 26.4. The van der Waals surface area contributed by atoms with Crippen LogP contribution in [0.3, 0.4) is 0 Å². The number of aryl methyl sites for hydroxylation is 1. The molecule has 0 aliphatic heterocycles. The van der Waals surface area contributed by atoms with Crippen molar-refractivity contribution in [3.63, 3.8) is 0 Å². The molecule has 0 aromatic carbocycles. The highest BCUT2D eigenvalue weighted by atomic mass is 35.5. The number of nitrogens with one attached hydrogen (secondary N) is 1. The molecule has 2 saturated carbocycles. The number of aliphatic hydroxyl groups is 1. The van der Waals surface area contributed by atoms with Gasteiger partial charge in [0.2, 0.25) is 17.9 Å². The fourth-order valence-corrected chi connectivity index (χ4v) is 3.96. The van der Waals surface area contributed by atoms with E-state index in [4.69, 9.17) is 22.9 Å². The molecule has 0 saturated heterocycles. The third kappa shape index (κ3) is 4.62. The summed E-state index contributed by atoms with van der Waals surface area (Å²) in [6.07, 6.45) is 8.51. The minimum absolute atomic E-state index is 0.118. The van der Waals surface area contributed by atoms with E-state index in [2.05, 4.69) is 25.2 Å². The topological polar surface area (TPSA) is 89.5 Å². The van der Waals surface area contributed by atoms with Gasteiger partial charge in [-0.15, -0.1) is 0 Å². The predicted molar refractivity (Wildman–Crippen MR) is 109 cm³/mol. The first-order valence-corrected chi connectivity index (χ1v) is 10.4. The molecule has 29 heavy (non-hydrogen) atoms. The van der Waals surface area contributed by atoms with Gasteiger partial charge in [0.1, 0.15) is 5.02 Å². The van der Waals surface area contributed by atoms with Crippen LogP contribution >= 0.6 is 11.6 Å². The van der Waals surface area contributed by atoms with Crippen LogP contribution in [0.2, 0.25) is 5.02 Å². The number of ether oxygens (including phenoxy) is 1. The molecule has 2 aromatic heterocycles. The lowest BCUT2D eigenvalue weighted by Gasteiger charge is -2.26. The van der Waals surface area contributed by atoms with E-state index < -0.39 is 0 Å². The van der Waals surface area contributed by atoms with Crippen LogP contribution in [0.5, 0.6) is 5.88 Å². The lowest BCUT2D eigenvalue weighted by atomic mass is 9.88. The molecule has 2 aliphatic rings. The minimum atomic E-state index is -0.180. The zero-order chi connectivity index (χ0) is 20.4. The molecule has 4 rings (SSSR count). The molecule has 0 bridgehead atoms. The van der Waals surface area contributed by atoms with Crippen molar-refractivity contribution in [2.24, 2.45) is 5.92 Å². The van der Waals surface area contributed by atoms with Crippen molar-refractivity contribution >= 4 is 23.2 Å². The number of aromatic nitrogens is 4. The van der Waals surface area contributed by atoms with Gasteiger partial charge in [-0.2, -0.15) is 10.1 Å². The fraction of sp³-hybridized carbons (Fsp3) is 0.600. The summed E-state index contributed by atoms with van der Waals surface area (Å²) in [5.74, 6) is 1.17. The Balaban J connectivity index is 1.39. The second-order valence-corrected chi connectivity index (χ2v) is 8.38. The largest absolute Gasteiger partial charge is 0.476 e. The van der Waals surface area contributed by atoms with Crippen LogP contribution in [-0.4, -0.2) is 43.6 Å². The maximum Gasteiger partial charge on any atom is 0.237 e. The first-order valence-electron chi connectivity index (χ1n) is 10.0. The summed E-state index contributed by atoms with van der Waals surface area (Å²) < 4.78 is 7.78. The van der Waals surface area contributed by atoms with E-state index in [-0.39, 0.29) is 18.2 Å². The Morgan fingerprint density at radius 3 is 2.83 bits per heavy atom. The fourth-order valence-electron chi connectivity index (χ4n) is 3.81. The molecular weight excluding hydrogens is 392 g/mol. The molecule has 154 valence electrons. The summed E-state index contributed by atoms with van der Waals surface area (Å²) in [6.45, 7) is 9.54. The molecule has 0 radical (unpaired) electrons. The van der Waals surface area contributed by atoms with Gasteiger partial charge in [-0.25, -0.2) is 11.6 Å². The maximum atomic E-state index is 9.63. The van der Waals surface area contributed by atoms with Crippen LogP contribution in [0.15, 0.2) is 12.4 Å². The smallest absolute Gasteiger partial charge is 0.237 e. The van der Waals surface area contributed by atoms with Gasteiger partial charge >= 0.3 is 0 Å². The third-order valence-corrected chi connectivity index (χ3v) is 6.05. The lowest BCUT2D eigenvalue weighted by molar-refractivity contribution is 0.0909. The number of rotatable bonds is 6. The second kappa shape index (κ2) is 8.56. The average Bonchev–Trinajstić information content (AvgIpc) is 3.02. The minimum Gasteiger partial charge on any atom is -0.476 e. The molecule has 0 unspecified atom stereocenters. The highest BCUT2D eigenvalue weighted by molar-refractivity contribution is 6.31. The molecule has 9 heteroatoms. The highest BCUT2D eigenvalue weighted by Crippen LogP contribution is 2.35. The first-order chi connectivity index (χ1) is 14.0. The van der Waals surface area contributed by atoms with E-state index in [1.807, 2.05) is 17.8 Å². The quantitative estimate of drug-likeness (QED) is 0.693. The van der Waals surface area contributed by atoms with Crippen LogP contribution in [-0.2, 0) is 0 Å². The number of aliphatic hydroxyl groups excluding tert-OH is 1. The summed E-state index contributed by atoms with van der Waals surface area (Å²) >= 11 is 6.21. The van der Waals surface area contributed by atoms with Crippen molar-refractivity contribution in [2.75, 3.05) is 11.9 Å². The first kappa shape index (κ1) is 19.9. The van der Waals surface area contributed by atoms with Crippen molar-refractivity contribution in [1.82, 2.24) is 19.7 Å². The average molecular weight is 417 g/mol. The number of halogens is 1. The number of anilines is 2. The molecule has 2 N–H and O–H groups in total. The second-order valence-electron chi connectivity index (χ2n) is 7.97. The van der Waals surface area contributed by atoms with Gasteiger partial charge in [0.25, 0.3) is 0 Å². The Kier molecular flexibility index (Phi) is 5.88. The van der Waals surface area contributed by atoms with Crippen LogP contribution in [0.1, 0.15) is 50.3 Å². The van der Waals surface area contributed by atoms with Crippen molar-refractivity contribution in [1.29, 1.82) is 0 Å². The Morgan fingerprint density at radius 2 is 2.10 bits per heavy atom. The van der Waals surface area contributed by atoms with E-state index in [9.17, 15) is 5.11 Å². The molecular formula is C20H25ClN6O2. The maximum absolute atomic E-state index is 9.63. The predicted octanol–water partition coefficient (Wildman–Crippen LogP) is 3.93. The van der Waals surface area contributed by atoms with Crippen LogP contribution < -0.4 is 10.1 Å². The van der Waals surface area contributed by atoms with Gasteiger partial charge in [0.05, 0.1) is 36.3 Å². The summed E-state index contributed by atoms with van der Waals surface area (Å²) in [7, 11) is 0. The number of nitrogens with zero attached hydrogens (tertiary/aromatic N) is 5. The van der Waals surface area contributed by atoms with Gasteiger partial charge in [0.15, 0.2) is 0 Å². The van der Waals surface area contributed by atoms with E-state index in [1.165, 1.54) is 6.20 Å². The highest BCUT2D eigenvalue weighted by Gasteiger charge is 2.36. The monoisotopic (exact) mass is 416 g/mol. The third-order valence-electron chi connectivity index (χ3n) is 5.79. The Labute approximate surface area is 175 Å². The SMILES string of the molecule is [C-]#[N+]C1CC(n2cc(Nc3ncc(Cl)c(OCC4CCC(O)CC4)n3)c(C)n2)C1. The molecule has 0 atom stereocenters. The number of hydrogen-bond acceptors (Lipinski definition) is 6. The Bertz CT molecular complexity index is 897. The molecule has 2 fully saturated rings. The van der Waals surface area contributed by atoms with Gasteiger partial charge in [-0.1, -0.05) is 11.6 Å². The zero-order valence-corrected chi connectivity index (χ0v) is 17.1. The Hall–Kier alpha value is -2.37. The molecule has 2 aliphatic carbocycles. The van der Waals surface area contributed by atoms with Crippen molar-refractivity contribution < 1.29 is 9.84 Å². The van der Waals surface area contributed by atoms with Gasteiger partial charge < -0.3 is 20.0 Å². The van der Waals surface area contributed by atoms with E-state index in [0.29, 0.717) is 29.4 Å². The number of hydrogen-bond donors (Lipinski definition) is 2. The summed E-state index contributed by atoms with van der Waals surface area (Å²) in [6, 6.07) is 0.398. The summed E-state index contributed by atoms with van der Waals surface area (Å²) in [5, 5.41) is 17.8. The van der Waals surface area contributed by atoms with Gasteiger partial charge in [0, 0.05) is 19.0 Å². The van der Waals surface area contributed by atoms with Crippen LogP contribution in [0.4, 0.5) is 11.6 Å². The molecule has 2 aromatic rings. The molecule has 2 heterocycles. The van der Waals surface area contributed by atoms with Gasteiger partial charge in [-0.05, 0) is 38.5 Å². The van der Waals surface area contributed by atoms with E-state index in [0.717, 1.165) is 49.9 Å². The molecule has 8 nitrogen and oxygen atoms in total. The molecule has 0 amide bonds. The summed E-state index contributed by atoms with van der Waals surface area (Å²) in [5.41, 5.74) is 1.67. The summed E-state index contributed by atoms with van der Waals surface area (Å²) in [4.78, 5) is 12.2. The van der Waals surface area contributed by atoms with Crippen molar-refractivity contribution in [2.45, 2.75) is 63.6 Å². The van der Waals surface area contributed by atoms with Crippen molar-refractivity contribution in [3.8, 4) is 5.88 Å². The Morgan fingerprint density at radius 1 is 1.34 bits per heavy atom. The van der Waals surface area contributed by atoms with E-state index in [1.54, 1.807) is 0 Å². The van der Waals surface area contributed by atoms with Gasteiger partial charge in [-0.3, -0.25) is 4.68 Å². The standard InChI is InChI=1S/C20H25ClN6O2/c1-12-18(10-27(26-12)15-7-14(8-15)22-2)24-20-23-9-17(21)19(25-20)29-11-13-3-5-16(28)6-4-13/h9-10,13-16,28H,3-8,11H2,1H3,(H,23,24,25). The van der Waals surface area contributed by atoms with Crippen molar-refractivity contribution in [3.05, 3.63) is 34.5 Å². The van der Waals surface area contributed by atoms with Crippen LogP contribution in [0.25, 0.3) is 4.85 Å².